The second-order valence-electron chi connectivity index (χ2n) is 7.47. The van der Waals surface area contributed by atoms with E-state index in [1.807, 2.05) is 0 Å². The zero-order chi connectivity index (χ0) is 20.7. The van der Waals surface area contributed by atoms with Crippen LogP contribution in [0.5, 0.6) is 5.75 Å². The maximum absolute atomic E-state index is 5.70. The van der Waals surface area contributed by atoms with Gasteiger partial charge in [-0.2, -0.15) is 0 Å². The Morgan fingerprint density at radius 1 is 1.04 bits per heavy atom. The summed E-state index contributed by atoms with van der Waals surface area (Å²) >= 11 is 0. The topological polar surface area (TPSA) is 47.0 Å². The van der Waals surface area contributed by atoms with Crippen LogP contribution in [0.1, 0.15) is 61.8 Å². The third-order valence-electron chi connectivity index (χ3n) is 5.11. The Bertz CT molecular complexity index is 786. The lowest BCUT2D eigenvalue weighted by atomic mass is 9.98. The second-order valence-corrected chi connectivity index (χ2v) is 7.47. The molecule has 2 aromatic rings. The fraction of sp³-hybridized carbons (Fsp3) is 0.542. The monoisotopic (exact) mass is 382 g/mol. The SMILES string of the molecule is [CH2]C(CCc1nc(CC)c(-c2c(C)cc(C)cc2OC)nc1CC)NCCC. The van der Waals surface area contributed by atoms with Gasteiger partial charge in [0, 0.05) is 11.6 Å². The fourth-order valence-corrected chi connectivity index (χ4v) is 3.63. The molecular weight excluding hydrogens is 346 g/mol. The molecule has 0 aliphatic rings. The minimum absolute atomic E-state index is 0.246. The van der Waals surface area contributed by atoms with Crippen molar-refractivity contribution in [3.05, 3.63) is 47.3 Å². The zero-order valence-corrected chi connectivity index (χ0v) is 18.5. The lowest BCUT2D eigenvalue weighted by Gasteiger charge is -2.18. The van der Waals surface area contributed by atoms with Gasteiger partial charge in [0.25, 0.3) is 0 Å². The van der Waals surface area contributed by atoms with E-state index in [9.17, 15) is 0 Å². The van der Waals surface area contributed by atoms with Crippen molar-refractivity contribution in [2.75, 3.05) is 13.7 Å². The first-order valence-corrected chi connectivity index (χ1v) is 10.6. The third kappa shape index (κ3) is 5.32. The molecule has 0 amide bonds. The van der Waals surface area contributed by atoms with E-state index in [0.717, 1.165) is 72.7 Å². The largest absolute Gasteiger partial charge is 0.496 e. The molecule has 1 atom stereocenters. The first kappa shape index (κ1) is 22.4. The number of hydrogen-bond acceptors (Lipinski definition) is 4. The molecule has 0 aliphatic heterocycles. The number of methoxy groups -OCH3 is 1. The van der Waals surface area contributed by atoms with Crippen LogP contribution >= 0.6 is 0 Å². The Hall–Kier alpha value is -1.94. The molecule has 1 unspecified atom stereocenters. The predicted molar refractivity (Wildman–Crippen MR) is 118 cm³/mol. The molecular formula is C24H36N3O. The van der Waals surface area contributed by atoms with E-state index in [1.54, 1.807) is 7.11 Å². The number of nitrogens with one attached hydrogen (secondary N) is 1. The maximum Gasteiger partial charge on any atom is 0.128 e. The highest BCUT2D eigenvalue weighted by Crippen LogP contribution is 2.35. The first-order chi connectivity index (χ1) is 13.4. The van der Waals surface area contributed by atoms with Gasteiger partial charge in [0.1, 0.15) is 5.75 Å². The van der Waals surface area contributed by atoms with Crippen LogP contribution in [0.3, 0.4) is 0 Å². The molecule has 0 bridgehead atoms. The zero-order valence-electron chi connectivity index (χ0n) is 18.5. The standard InChI is InChI=1S/C24H36N3O/c1-8-13-25-18(6)11-12-21-19(9-2)27-24(20(10-3)26-21)23-17(5)14-16(4)15-22(23)28-7/h14-15,18,25H,6,8-13H2,1-5,7H3. The molecule has 1 aromatic carbocycles. The van der Waals surface area contributed by atoms with Gasteiger partial charge in [-0.25, -0.2) is 4.98 Å². The minimum atomic E-state index is 0.246. The summed E-state index contributed by atoms with van der Waals surface area (Å²) in [7, 11) is 1.73. The Balaban J connectivity index is 2.43. The number of ether oxygens (including phenoxy) is 1. The second kappa shape index (κ2) is 10.6. The van der Waals surface area contributed by atoms with Crippen molar-refractivity contribution < 1.29 is 4.74 Å². The van der Waals surface area contributed by atoms with Gasteiger partial charge in [-0.05, 0) is 76.6 Å². The van der Waals surface area contributed by atoms with Gasteiger partial charge in [-0.15, -0.1) is 0 Å². The van der Waals surface area contributed by atoms with Gasteiger partial charge >= 0.3 is 0 Å². The van der Waals surface area contributed by atoms with Crippen molar-refractivity contribution >= 4 is 0 Å². The lowest BCUT2D eigenvalue weighted by Crippen LogP contribution is -2.27. The lowest BCUT2D eigenvalue weighted by molar-refractivity contribution is 0.415. The molecule has 0 fully saturated rings. The summed E-state index contributed by atoms with van der Waals surface area (Å²) in [6, 6.07) is 4.51. The van der Waals surface area contributed by atoms with Crippen molar-refractivity contribution in [1.29, 1.82) is 0 Å². The summed E-state index contributed by atoms with van der Waals surface area (Å²) in [6.45, 7) is 15.9. The van der Waals surface area contributed by atoms with Crippen LogP contribution in [0.25, 0.3) is 11.3 Å². The normalized spacial score (nSPS) is 12.2. The van der Waals surface area contributed by atoms with Crippen LogP contribution in [0, 0.1) is 20.8 Å². The number of aryl methyl sites for hydroxylation is 5. The van der Waals surface area contributed by atoms with Crippen LogP contribution in [-0.2, 0) is 19.3 Å². The first-order valence-electron chi connectivity index (χ1n) is 10.6. The number of benzene rings is 1. The number of hydrogen-bond donors (Lipinski definition) is 1. The molecule has 1 heterocycles. The van der Waals surface area contributed by atoms with Gasteiger partial charge in [0.2, 0.25) is 0 Å². The third-order valence-corrected chi connectivity index (χ3v) is 5.11. The van der Waals surface area contributed by atoms with Gasteiger partial charge in [-0.3, -0.25) is 4.98 Å². The fourth-order valence-electron chi connectivity index (χ4n) is 3.63. The Morgan fingerprint density at radius 3 is 2.36 bits per heavy atom. The van der Waals surface area contributed by atoms with Crippen LogP contribution in [-0.4, -0.2) is 29.7 Å². The highest BCUT2D eigenvalue weighted by Gasteiger charge is 2.19. The maximum atomic E-state index is 5.70. The molecule has 4 nitrogen and oxygen atoms in total. The van der Waals surface area contributed by atoms with E-state index in [2.05, 4.69) is 59.0 Å². The molecule has 1 radical (unpaired) electrons. The van der Waals surface area contributed by atoms with Crippen LogP contribution < -0.4 is 10.1 Å². The average Bonchev–Trinajstić information content (AvgIpc) is 2.69. The molecule has 0 saturated carbocycles. The Morgan fingerprint density at radius 2 is 1.75 bits per heavy atom. The highest BCUT2D eigenvalue weighted by molar-refractivity contribution is 5.73. The molecule has 0 aliphatic carbocycles. The predicted octanol–water partition coefficient (Wildman–Crippen LogP) is 5.03. The quantitative estimate of drug-likeness (QED) is 0.626. The summed E-state index contributed by atoms with van der Waals surface area (Å²) in [5, 5.41) is 3.46. The van der Waals surface area contributed by atoms with Crippen LogP contribution in [0.4, 0.5) is 0 Å². The highest BCUT2D eigenvalue weighted by atomic mass is 16.5. The van der Waals surface area contributed by atoms with Gasteiger partial charge < -0.3 is 10.1 Å². The number of rotatable bonds is 10. The molecule has 2 rings (SSSR count). The Kier molecular flexibility index (Phi) is 8.43. The van der Waals surface area contributed by atoms with E-state index in [4.69, 9.17) is 14.7 Å². The molecule has 153 valence electrons. The molecule has 0 spiro atoms. The van der Waals surface area contributed by atoms with Gasteiger partial charge in [0.15, 0.2) is 0 Å². The van der Waals surface area contributed by atoms with E-state index in [-0.39, 0.29) is 6.04 Å². The van der Waals surface area contributed by atoms with Gasteiger partial charge in [0.05, 0.1) is 29.9 Å². The summed E-state index contributed by atoms with van der Waals surface area (Å²) in [6.07, 6.45) is 4.71. The van der Waals surface area contributed by atoms with Gasteiger partial charge in [-0.1, -0.05) is 26.8 Å². The molecule has 1 N–H and O–H groups in total. The van der Waals surface area contributed by atoms with E-state index < -0.39 is 0 Å². The van der Waals surface area contributed by atoms with Crippen LogP contribution in [0.2, 0.25) is 0 Å². The summed E-state index contributed by atoms with van der Waals surface area (Å²) < 4.78 is 5.70. The summed E-state index contributed by atoms with van der Waals surface area (Å²) in [4.78, 5) is 10.1. The number of aromatic nitrogens is 2. The van der Waals surface area contributed by atoms with Crippen molar-refractivity contribution in [2.24, 2.45) is 0 Å². The minimum Gasteiger partial charge on any atom is -0.496 e. The number of nitrogens with zero attached hydrogens (tertiary/aromatic N) is 2. The molecule has 28 heavy (non-hydrogen) atoms. The van der Waals surface area contributed by atoms with E-state index in [0.29, 0.717) is 0 Å². The van der Waals surface area contributed by atoms with Crippen molar-refractivity contribution in [2.45, 2.75) is 72.8 Å². The molecule has 0 saturated heterocycles. The summed E-state index contributed by atoms with van der Waals surface area (Å²) in [5.74, 6) is 0.873. The summed E-state index contributed by atoms with van der Waals surface area (Å²) in [5.41, 5.74) is 7.64. The van der Waals surface area contributed by atoms with Crippen molar-refractivity contribution in [1.82, 2.24) is 15.3 Å². The van der Waals surface area contributed by atoms with E-state index in [1.165, 1.54) is 11.1 Å². The average molecular weight is 383 g/mol. The van der Waals surface area contributed by atoms with E-state index >= 15 is 0 Å². The van der Waals surface area contributed by atoms with Crippen LogP contribution in [0.15, 0.2) is 12.1 Å². The molecule has 1 aromatic heterocycles. The van der Waals surface area contributed by atoms with Crippen molar-refractivity contribution in [3.63, 3.8) is 0 Å². The van der Waals surface area contributed by atoms with Crippen molar-refractivity contribution in [3.8, 4) is 17.0 Å². The molecule has 4 heteroatoms. The smallest absolute Gasteiger partial charge is 0.128 e. The Labute approximate surface area is 171 Å².